The Kier molecular flexibility index (Phi) is 8.63. The molecule has 0 fully saturated rings. The molecule has 11 heteroatoms. The van der Waals surface area contributed by atoms with Crippen molar-refractivity contribution < 1.29 is 26.6 Å². The van der Waals surface area contributed by atoms with Gasteiger partial charge in [0.1, 0.15) is 22.2 Å². The van der Waals surface area contributed by atoms with E-state index in [0.717, 1.165) is 25.0 Å². The van der Waals surface area contributed by atoms with Crippen LogP contribution in [-0.2, 0) is 10.2 Å². The second-order valence-electron chi connectivity index (χ2n) is 7.41. The van der Waals surface area contributed by atoms with Crippen LogP contribution in [0.4, 0.5) is 20.1 Å². The van der Waals surface area contributed by atoms with Gasteiger partial charge in [0, 0.05) is 16.9 Å². The molecule has 0 heterocycles. The van der Waals surface area contributed by atoms with Crippen LogP contribution in [0.25, 0.3) is 0 Å². The highest BCUT2D eigenvalue weighted by Crippen LogP contribution is 2.19. The zero-order chi connectivity index (χ0) is 25.3. The third kappa shape index (κ3) is 8.31. The van der Waals surface area contributed by atoms with Crippen molar-refractivity contribution in [2.24, 2.45) is 5.73 Å². The number of nitrogens with one attached hydrogen (secondary N) is 3. The molecule has 0 unspecified atom stereocenters. The number of amidine groups is 1. The van der Waals surface area contributed by atoms with Gasteiger partial charge >= 0.3 is 16.3 Å². The number of nitrogens with two attached hydrogens (primary N) is 1. The van der Waals surface area contributed by atoms with E-state index in [-0.39, 0.29) is 11.5 Å². The predicted molar refractivity (Wildman–Crippen MR) is 132 cm³/mol. The fourth-order valence-electron chi connectivity index (χ4n) is 2.97. The molecule has 9 nitrogen and oxygen atoms in total. The summed E-state index contributed by atoms with van der Waals surface area (Å²) in [6.45, 7) is 1.02. The van der Waals surface area contributed by atoms with E-state index in [1.165, 1.54) is 12.1 Å². The van der Waals surface area contributed by atoms with E-state index in [2.05, 4.69) is 10.6 Å². The summed E-state index contributed by atoms with van der Waals surface area (Å²) in [5.41, 5.74) is 6.70. The van der Waals surface area contributed by atoms with E-state index in [9.17, 15) is 17.1 Å². The van der Waals surface area contributed by atoms with Crippen molar-refractivity contribution in [2.75, 3.05) is 23.8 Å². The summed E-state index contributed by atoms with van der Waals surface area (Å²) < 4.78 is 46.4. The first-order valence-corrected chi connectivity index (χ1v) is 12.0. The van der Waals surface area contributed by atoms with E-state index in [1.54, 1.807) is 48.5 Å². The van der Waals surface area contributed by atoms with Gasteiger partial charge in [-0.25, -0.2) is 4.79 Å². The van der Waals surface area contributed by atoms with Crippen molar-refractivity contribution in [3.63, 3.8) is 0 Å². The minimum absolute atomic E-state index is 0.0146. The number of carbonyl (C=O) groups excluding carboxylic acids is 1. The fraction of sp³-hybridized carbons (Fsp3) is 0.167. The van der Waals surface area contributed by atoms with Crippen molar-refractivity contribution in [3.8, 4) is 11.5 Å². The highest BCUT2D eigenvalue weighted by molar-refractivity contribution is 7.86. The molecular formula is C24H25FN4O5S. The van der Waals surface area contributed by atoms with Gasteiger partial charge in [-0.3, -0.25) is 5.41 Å². The van der Waals surface area contributed by atoms with E-state index in [4.69, 9.17) is 20.6 Å². The molecule has 5 N–H and O–H groups in total. The van der Waals surface area contributed by atoms with Crippen LogP contribution in [0.15, 0.2) is 77.7 Å². The van der Waals surface area contributed by atoms with Crippen LogP contribution in [0, 0.1) is 5.41 Å². The third-order valence-corrected chi connectivity index (χ3v) is 5.54. The molecule has 0 aromatic heterocycles. The van der Waals surface area contributed by atoms with Crippen LogP contribution in [0.2, 0.25) is 0 Å². The number of unbranched alkanes of at least 4 members (excludes halogenated alkanes) is 1. The minimum Gasteiger partial charge on any atom is -0.494 e. The molecule has 0 atom stereocenters. The van der Waals surface area contributed by atoms with Crippen LogP contribution >= 0.6 is 0 Å². The van der Waals surface area contributed by atoms with E-state index >= 15 is 0 Å². The van der Waals surface area contributed by atoms with Gasteiger partial charge in [-0.15, -0.1) is 3.89 Å². The smallest absolute Gasteiger partial charge is 0.332 e. The van der Waals surface area contributed by atoms with Crippen LogP contribution in [0.3, 0.4) is 0 Å². The maximum atomic E-state index is 13.1. The summed E-state index contributed by atoms with van der Waals surface area (Å²) in [7, 11) is -4.86. The lowest BCUT2D eigenvalue weighted by molar-refractivity contribution is 0.262. The normalized spacial score (nSPS) is 10.9. The Balaban J connectivity index is 1.36. The Morgan fingerprint density at radius 1 is 0.857 bits per heavy atom. The van der Waals surface area contributed by atoms with Crippen molar-refractivity contribution in [1.29, 1.82) is 5.41 Å². The fourth-order valence-corrected chi connectivity index (χ4v) is 3.48. The van der Waals surface area contributed by atoms with Gasteiger partial charge in [0.2, 0.25) is 0 Å². The molecule has 184 valence electrons. The van der Waals surface area contributed by atoms with Crippen molar-refractivity contribution in [2.45, 2.75) is 17.7 Å². The number of rotatable bonds is 11. The average molecular weight is 501 g/mol. The molecule has 0 spiro atoms. The van der Waals surface area contributed by atoms with Crippen LogP contribution in [0.1, 0.15) is 18.4 Å². The van der Waals surface area contributed by atoms with Gasteiger partial charge in [-0.2, -0.15) is 8.42 Å². The second-order valence-corrected chi connectivity index (χ2v) is 8.76. The number of halogens is 1. The molecule has 3 rings (SSSR count). The number of benzene rings is 3. The monoisotopic (exact) mass is 500 g/mol. The maximum absolute atomic E-state index is 13.1. The Labute approximate surface area is 202 Å². The molecule has 35 heavy (non-hydrogen) atoms. The molecule has 2 amide bonds. The molecule has 0 aliphatic rings. The number of urea groups is 1. The van der Waals surface area contributed by atoms with Gasteiger partial charge in [-0.05, 0) is 79.6 Å². The van der Waals surface area contributed by atoms with Crippen molar-refractivity contribution in [3.05, 3.63) is 78.4 Å². The lowest BCUT2D eigenvalue weighted by Crippen LogP contribution is -2.19. The molecule has 0 aliphatic heterocycles. The molecule has 3 aromatic rings. The summed E-state index contributed by atoms with van der Waals surface area (Å²) in [6.07, 6.45) is 1.57. The molecule has 0 aliphatic carbocycles. The summed E-state index contributed by atoms with van der Waals surface area (Å²) in [5.74, 6) is 1.36. The summed E-state index contributed by atoms with van der Waals surface area (Å²) in [4.78, 5) is 11.6. The van der Waals surface area contributed by atoms with Crippen LogP contribution in [-0.4, -0.2) is 33.5 Å². The van der Waals surface area contributed by atoms with Crippen LogP contribution < -0.4 is 25.8 Å². The Morgan fingerprint density at radius 3 is 1.94 bits per heavy atom. The van der Waals surface area contributed by atoms with Crippen molar-refractivity contribution >= 4 is 33.5 Å². The number of anilines is 2. The van der Waals surface area contributed by atoms with Gasteiger partial charge in [0.25, 0.3) is 0 Å². The Bertz CT molecular complexity index is 1270. The predicted octanol–water partition coefficient (Wildman–Crippen LogP) is 4.51. The van der Waals surface area contributed by atoms with Gasteiger partial charge < -0.3 is 25.8 Å². The number of hydrogen-bond acceptors (Lipinski definition) is 6. The average Bonchev–Trinajstić information content (AvgIpc) is 2.82. The molecule has 3 aromatic carbocycles. The zero-order valence-corrected chi connectivity index (χ0v) is 19.5. The molecule has 0 saturated carbocycles. The number of nitrogen functional groups attached to an aromatic ring is 1. The first-order chi connectivity index (χ1) is 16.7. The van der Waals surface area contributed by atoms with E-state index in [1.807, 2.05) is 0 Å². The first kappa shape index (κ1) is 25.5. The largest absolute Gasteiger partial charge is 0.494 e. The highest BCUT2D eigenvalue weighted by Gasteiger charge is 2.13. The topological polar surface area (TPSA) is 144 Å². The SMILES string of the molecule is N=C(N)c1ccc(OCCCCOc2ccc(NC(=O)Nc3cccc(S(=O)(=O)F)c3)cc2)cc1. The van der Waals surface area contributed by atoms with Crippen molar-refractivity contribution in [1.82, 2.24) is 0 Å². The van der Waals surface area contributed by atoms with E-state index in [0.29, 0.717) is 36.0 Å². The van der Waals surface area contributed by atoms with Gasteiger partial charge in [0.05, 0.1) is 13.2 Å². The minimum atomic E-state index is -4.86. The molecule has 0 radical (unpaired) electrons. The molecule has 0 bridgehead atoms. The maximum Gasteiger partial charge on any atom is 0.332 e. The number of hydrogen-bond donors (Lipinski definition) is 4. The Hall–Kier alpha value is -4.12. The lowest BCUT2D eigenvalue weighted by atomic mass is 10.2. The number of amides is 2. The molecule has 0 saturated heterocycles. The first-order valence-electron chi connectivity index (χ1n) is 10.6. The summed E-state index contributed by atoms with van der Waals surface area (Å²) in [6, 6.07) is 18.0. The Morgan fingerprint density at radius 2 is 1.40 bits per heavy atom. The summed E-state index contributed by atoms with van der Waals surface area (Å²) >= 11 is 0. The zero-order valence-electron chi connectivity index (χ0n) is 18.7. The van der Waals surface area contributed by atoms with Gasteiger partial charge in [-0.1, -0.05) is 6.07 Å². The molecular weight excluding hydrogens is 475 g/mol. The van der Waals surface area contributed by atoms with E-state index < -0.39 is 21.1 Å². The third-order valence-electron chi connectivity index (χ3n) is 4.73. The number of ether oxygens (including phenoxy) is 2. The lowest BCUT2D eigenvalue weighted by Gasteiger charge is -2.10. The standard InChI is InChI=1S/C24H25FN4O5S/c25-35(31,32)22-5-3-4-19(16-22)29-24(30)28-18-8-12-21(13-9-18)34-15-2-1-14-33-20-10-6-17(7-11-20)23(26)27/h3-13,16H,1-2,14-15H2,(H3,26,27)(H2,28,29,30). The summed E-state index contributed by atoms with van der Waals surface area (Å²) in [5, 5.41) is 12.4. The second kappa shape index (κ2) is 11.8. The van der Waals surface area contributed by atoms with Crippen LogP contribution in [0.5, 0.6) is 11.5 Å². The van der Waals surface area contributed by atoms with Gasteiger partial charge in [0.15, 0.2) is 0 Å². The number of carbonyl (C=O) groups is 1. The quantitative estimate of drug-likeness (QED) is 0.132. The highest BCUT2D eigenvalue weighted by atomic mass is 32.3.